The number of aliphatic hydroxyl groups excluding tert-OH is 1. The predicted octanol–water partition coefficient (Wildman–Crippen LogP) is 1.13. The van der Waals surface area contributed by atoms with Gasteiger partial charge in [-0.1, -0.05) is 30.3 Å². The fourth-order valence-electron chi connectivity index (χ4n) is 1.58. The van der Waals surface area contributed by atoms with Crippen molar-refractivity contribution in [3.05, 3.63) is 35.9 Å². The summed E-state index contributed by atoms with van der Waals surface area (Å²) in [5.74, 6) is 0.758. The van der Waals surface area contributed by atoms with Crippen LogP contribution in [0.2, 0.25) is 0 Å². The highest BCUT2D eigenvalue weighted by atomic mass is 32.2. The first-order valence-corrected chi connectivity index (χ1v) is 6.92. The van der Waals surface area contributed by atoms with Crippen LogP contribution in [-0.4, -0.2) is 36.3 Å². The van der Waals surface area contributed by atoms with Gasteiger partial charge in [0.1, 0.15) is 5.54 Å². The zero-order chi connectivity index (χ0) is 13.4. The van der Waals surface area contributed by atoms with Crippen LogP contribution >= 0.6 is 11.8 Å². The number of nitrogens with two attached hydrogens (primary N) is 1. The van der Waals surface area contributed by atoms with Crippen LogP contribution in [0.3, 0.4) is 0 Å². The van der Waals surface area contributed by atoms with Crippen molar-refractivity contribution in [2.24, 2.45) is 5.73 Å². The lowest BCUT2D eigenvalue weighted by Crippen LogP contribution is -2.48. The van der Waals surface area contributed by atoms with Crippen molar-refractivity contribution in [2.75, 3.05) is 25.2 Å². The van der Waals surface area contributed by atoms with Crippen LogP contribution < -0.4 is 5.73 Å². The number of methoxy groups -OCH3 is 1. The lowest BCUT2D eigenvalue weighted by Gasteiger charge is -2.26. The summed E-state index contributed by atoms with van der Waals surface area (Å²) in [5, 5.41) is 8.73. The summed E-state index contributed by atoms with van der Waals surface area (Å²) in [6.07, 6.45) is 0.691. The molecule has 0 fully saturated rings. The molecule has 0 amide bonds. The topological polar surface area (TPSA) is 72.5 Å². The lowest BCUT2D eigenvalue weighted by molar-refractivity contribution is -0.146. The second-order valence-corrected chi connectivity index (χ2v) is 5.06. The normalized spacial score (nSPS) is 13.9. The molecule has 5 heteroatoms. The van der Waals surface area contributed by atoms with Gasteiger partial charge < -0.3 is 15.6 Å². The van der Waals surface area contributed by atoms with Gasteiger partial charge in [0.25, 0.3) is 0 Å². The molecule has 0 aliphatic heterocycles. The minimum Gasteiger partial charge on any atom is -0.467 e. The minimum atomic E-state index is -1.13. The Bertz CT molecular complexity index is 372. The van der Waals surface area contributed by atoms with Crippen LogP contribution in [0.25, 0.3) is 0 Å². The monoisotopic (exact) mass is 269 g/mol. The second-order valence-electron chi connectivity index (χ2n) is 3.96. The number of esters is 1. The molecule has 18 heavy (non-hydrogen) atoms. The molecule has 1 unspecified atom stereocenters. The van der Waals surface area contributed by atoms with Crippen molar-refractivity contribution >= 4 is 17.7 Å². The number of thioether (sulfide) groups is 1. The van der Waals surface area contributed by atoms with Crippen LogP contribution in [0.1, 0.15) is 12.0 Å². The van der Waals surface area contributed by atoms with E-state index in [4.69, 9.17) is 15.6 Å². The summed E-state index contributed by atoms with van der Waals surface area (Å²) >= 11 is 1.54. The highest BCUT2D eigenvalue weighted by Crippen LogP contribution is 2.25. The molecule has 0 saturated heterocycles. The Balaban J connectivity index is 2.79. The van der Waals surface area contributed by atoms with Crippen LogP contribution in [0.5, 0.6) is 0 Å². The van der Waals surface area contributed by atoms with E-state index >= 15 is 0 Å². The fraction of sp³-hybridized carbons (Fsp3) is 0.462. The predicted molar refractivity (Wildman–Crippen MR) is 73.4 cm³/mol. The Morgan fingerprint density at radius 2 is 2.11 bits per heavy atom. The van der Waals surface area contributed by atoms with Crippen molar-refractivity contribution in [3.8, 4) is 0 Å². The quantitative estimate of drug-likeness (QED) is 0.573. The lowest BCUT2D eigenvalue weighted by atomic mass is 9.93. The van der Waals surface area contributed by atoms with Crippen molar-refractivity contribution in [1.29, 1.82) is 0 Å². The molecule has 1 rings (SSSR count). The third kappa shape index (κ3) is 3.73. The standard InChI is InChI=1S/C13H19NO3S/c1-17-12(16)13(14,10-18-9-5-8-15)11-6-3-2-4-7-11/h2-4,6-7,15H,5,8-10,14H2,1H3. The van der Waals surface area contributed by atoms with E-state index in [9.17, 15) is 4.79 Å². The molecule has 100 valence electrons. The van der Waals surface area contributed by atoms with Gasteiger partial charge in [-0.15, -0.1) is 0 Å². The van der Waals surface area contributed by atoms with Gasteiger partial charge in [-0.3, -0.25) is 0 Å². The molecule has 0 heterocycles. The third-order valence-corrected chi connectivity index (χ3v) is 3.85. The first-order chi connectivity index (χ1) is 8.65. The SMILES string of the molecule is COC(=O)C(N)(CSCCCO)c1ccccc1. The largest absolute Gasteiger partial charge is 0.467 e. The zero-order valence-electron chi connectivity index (χ0n) is 10.5. The van der Waals surface area contributed by atoms with E-state index in [-0.39, 0.29) is 6.61 Å². The Labute approximate surface area is 112 Å². The van der Waals surface area contributed by atoms with E-state index in [1.807, 2.05) is 30.3 Å². The van der Waals surface area contributed by atoms with Gasteiger partial charge >= 0.3 is 5.97 Å². The molecule has 0 aliphatic rings. The van der Waals surface area contributed by atoms with Gasteiger partial charge in [0, 0.05) is 12.4 Å². The second kappa shape index (κ2) is 7.41. The summed E-state index contributed by atoms with van der Waals surface area (Å²) in [6, 6.07) is 9.21. The van der Waals surface area contributed by atoms with Gasteiger partial charge in [-0.2, -0.15) is 11.8 Å². The first-order valence-electron chi connectivity index (χ1n) is 5.76. The number of hydrogen-bond acceptors (Lipinski definition) is 5. The molecule has 0 saturated carbocycles. The molecule has 0 radical (unpaired) electrons. The molecular weight excluding hydrogens is 250 g/mol. The number of ether oxygens (including phenoxy) is 1. The van der Waals surface area contributed by atoms with Gasteiger partial charge in [0.2, 0.25) is 0 Å². The van der Waals surface area contributed by atoms with Crippen LogP contribution in [0.4, 0.5) is 0 Å². The fourth-order valence-corrected chi connectivity index (χ4v) is 2.66. The minimum absolute atomic E-state index is 0.147. The zero-order valence-corrected chi connectivity index (χ0v) is 11.3. The van der Waals surface area contributed by atoms with E-state index in [0.717, 1.165) is 11.3 Å². The molecule has 4 nitrogen and oxygen atoms in total. The maximum absolute atomic E-state index is 11.9. The van der Waals surface area contributed by atoms with E-state index in [2.05, 4.69) is 0 Å². The molecule has 0 aliphatic carbocycles. The average Bonchev–Trinajstić information content (AvgIpc) is 2.43. The Morgan fingerprint density at radius 3 is 2.67 bits per heavy atom. The van der Waals surface area contributed by atoms with Gasteiger partial charge in [-0.05, 0) is 17.7 Å². The molecule has 1 aromatic carbocycles. The number of carbonyl (C=O) groups excluding carboxylic acids is 1. The first kappa shape index (κ1) is 15.0. The smallest absolute Gasteiger partial charge is 0.331 e. The summed E-state index contributed by atoms with van der Waals surface area (Å²) < 4.78 is 4.80. The van der Waals surface area contributed by atoms with Gasteiger partial charge in [0.05, 0.1) is 7.11 Å². The van der Waals surface area contributed by atoms with E-state index < -0.39 is 11.5 Å². The molecule has 1 atom stereocenters. The number of rotatable bonds is 7. The Morgan fingerprint density at radius 1 is 1.44 bits per heavy atom. The summed E-state index contributed by atoms with van der Waals surface area (Å²) in [6.45, 7) is 0.147. The maximum Gasteiger partial charge on any atom is 0.331 e. The molecule has 0 aromatic heterocycles. The van der Waals surface area contributed by atoms with E-state index in [1.165, 1.54) is 18.9 Å². The average molecular weight is 269 g/mol. The number of hydrogen-bond donors (Lipinski definition) is 2. The van der Waals surface area contributed by atoms with Crippen LogP contribution in [0.15, 0.2) is 30.3 Å². The van der Waals surface area contributed by atoms with E-state index in [1.54, 1.807) is 0 Å². The van der Waals surface area contributed by atoms with Gasteiger partial charge in [-0.25, -0.2) is 4.79 Å². The molecule has 1 aromatic rings. The van der Waals surface area contributed by atoms with Crippen molar-refractivity contribution in [2.45, 2.75) is 12.0 Å². The highest BCUT2D eigenvalue weighted by molar-refractivity contribution is 7.99. The molecule has 3 N–H and O–H groups in total. The highest BCUT2D eigenvalue weighted by Gasteiger charge is 2.36. The van der Waals surface area contributed by atoms with Gasteiger partial charge in [0.15, 0.2) is 0 Å². The number of aliphatic hydroxyl groups is 1. The Hall–Kier alpha value is -1.04. The summed E-state index contributed by atoms with van der Waals surface area (Å²) in [5.41, 5.74) is 5.81. The number of carbonyl (C=O) groups is 1. The molecule has 0 bridgehead atoms. The van der Waals surface area contributed by atoms with Crippen molar-refractivity contribution < 1.29 is 14.6 Å². The van der Waals surface area contributed by atoms with E-state index in [0.29, 0.717) is 12.2 Å². The third-order valence-electron chi connectivity index (χ3n) is 2.62. The summed E-state index contributed by atoms with van der Waals surface area (Å²) in [4.78, 5) is 11.9. The van der Waals surface area contributed by atoms with Crippen LogP contribution in [0, 0.1) is 0 Å². The number of benzene rings is 1. The van der Waals surface area contributed by atoms with Crippen LogP contribution in [-0.2, 0) is 15.1 Å². The molecular formula is C13H19NO3S. The molecule has 0 spiro atoms. The van der Waals surface area contributed by atoms with Crippen molar-refractivity contribution in [1.82, 2.24) is 0 Å². The van der Waals surface area contributed by atoms with Crippen molar-refractivity contribution in [3.63, 3.8) is 0 Å². The summed E-state index contributed by atoms with van der Waals surface area (Å²) in [7, 11) is 1.34. The maximum atomic E-state index is 11.9. The Kier molecular flexibility index (Phi) is 6.18.